The Morgan fingerprint density at radius 2 is 0.982 bits per heavy atom. The zero-order valence-electron chi connectivity index (χ0n) is 31.0. The number of benzene rings is 4. The Bertz CT molecular complexity index is 2190. The van der Waals surface area contributed by atoms with Crippen LogP contribution in [0.4, 0.5) is 0 Å². The molecule has 0 N–H and O–H groups in total. The molecule has 1 aromatic heterocycles. The van der Waals surface area contributed by atoms with Crippen molar-refractivity contribution in [1.82, 2.24) is 0 Å². The number of hydrogen-bond donors (Lipinski definition) is 0. The van der Waals surface area contributed by atoms with Gasteiger partial charge in [0.25, 0.3) is 0 Å². The monoisotopic (exact) mass is 746 g/mol. The second-order valence-electron chi connectivity index (χ2n) is 12.8. The van der Waals surface area contributed by atoms with Gasteiger partial charge in [-0.1, -0.05) is 64.5 Å². The van der Waals surface area contributed by atoms with E-state index in [4.69, 9.17) is 18.9 Å². The minimum Gasteiger partial charge on any atom is -0.493 e. The molecule has 0 saturated carbocycles. The summed E-state index contributed by atoms with van der Waals surface area (Å²) in [5.74, 6) is 13.7. The van der Waals surface area contributed by atoms with Crippen molar-refractivity contribution in [1.29, 1.82) is 10.5 Å². The van der Waals surface area contributed by atoms with Crippen molar-refractivity contribution in [3.63, 3.8) is 0 Å². The van der Waals surface area contributed by atoms with E-state index in [0.717, 1.165) is 24.2 Å². The molecule has 0 bridgehead atoms. The lowest BCUT2D eigenvalue weighted by Gasteiger charge is -2.11. The molecule has 0 fully saturated rings. The molecule has 0 saturated heterocycles. The van der Waals surface area contributed by atoms with Crippen molar-refractivity contribution < 1.29 is 28.5 Å². The first-order valence-corrected chi connectivity index (χ1v) is 18.6. The van der Waals surface area contributed by atoms with Gasteiger partial charge in [0.1, 0.15) is 35.1 Å². The average molecular weight is 747 g/mol. The summed E-state index contributed by atoms with van der Waals surface area (Å²) >= 11 is 1.16. The van der Waals surface area contributed by atoms with E-state index in [1.807, 2.05) is 0 Å². The number of carbonyl (C=O) groups excluding carboxylic acids is 2. The topological polar surface area (TPSA) is 119 Å². The first-order valence-electron chi connectivity index (χ1n) is 17.8. The van der Waals surface area contributed by atoms with Gasteiger partial charge in [-0.3, -0.25) is 0 Å². The highest BCUT2D eigenvalue weighted by atomic mass is 32.1. The van der Waals surface area contributed by atoms with Crippen LogP contribution in [0.3, 0.4) is 0 Å². The quantitative estimate of drug-likeness (QED) is 0.0704. The van der Waals surface area contributed by atoms with Crippen molar-refractivity contribution in [3.8, 4) is 58.8 Å². The van der Waals surface area contributed by atoms with Gasteiger partial charge in [0.05, 0.1) is 45.2 Å². The van der Waals surface area contributed by atoms with Crippen molar-refractivity contribution in [2.75, 3.05) is 13.2 Å². The van der Waals surface area contributed by atoms with Crippen LogP contribution in [0, 0.1) is 58.2 Å². The molecular weight excluding hydrogens is 709 g/mol. The molecule has 9 heteroatoms. The van der Waals surface area contributed by atoms with Gasteiger partial charge >= 0.3 is 11.9 Å². The first-order chi connectivity index (χ1) is 26.7. The normalized spacial score (nSPS) is 11.2. The highest BCUT2D eigenvalue weighted by molar-refractivity contribution is 7.13. The Hall–Kier alpha value is -6.78. The predicted octanol–water partition coefficient (Wildman–Crippen LogP) is 9.58. The standard InChI is InChI=1S/C46H38N2O6S/c1-5-31(3)29-51-39-11-7-9-35(25-39)45(49)53-37-19-13-33(14-20-37)17-23-43-41(27-47)42(28-48)44(55-43)24-18-34-15-21-38(22-16-34)54-46(50)36-10-8-12-40(26-36)52-30-32(4)6-2/h7-16,19-22,25-26,31-32H,5-6,29-30H2,1-4H3/t31-,32-/m0/s1. The number of rotatable bonds is 12. The van der Waals surface area contributed by atoms with Crippen LogP contribution in [0.25, 0.3) is 0 Å². The summed E-state index contributed by atoms with van der Waals surface area (Å²) in [5.41, 5.74) is 2.29. The summed E-state index contributed by atoms with van der Waals surface area (Å²) in [6.45, 7) is 9.53. The fourth-order valence-electron chi connectivity index (χ4n) is 4.76. The number of thiophene rings is 1. The number of nitriles is 2. The fourth-order valence-corrected chi connectivity index (χ4v) is 5.67. The van der Waals surface area contributed by atoms with E-state index >= 15 is 0 Å². The molecule has 55 heavy (non-hydrogen) atoms. The minimum atomic E-state index is -0.512. The second-order valence-corrected chi connectivity index (χ2v) is 13.8. The molecule has 5 rings (SSSR count). The number of carbonyl (C=O) groups is 2. The zero-order valence-corrected chi connectivity index (χ0v) is 31.8. The highest BCUT2D eigenvalue weighted by Gasteiger charge is 2.16. The molecule has 0 amide bonds. The van der Waals surface area contributed by atoms with Crippen molar-refractivity contribution in [2.24, 2.45) is 11.8 Å². The zero-order chi connectivity index (χ0) is 39.2. The average Bonchev–Trinajstić information content (AvgIpc) is 3.57. The highest BCUT2D eigenvalue weighted by Crippen LogP contribution is 2.27. The molecule has 8 nitrogen and oxygen atoms in total. The summed E-state index contributed by atoms with van der Waals surface area (Å²) in [6.07, 6.45) is 2.00. The molecule has 274 valence electrons. The summed E-state index contributed by atoms with van der Waals surface area (Å²) in [4.78, 5) is 26.4. The lowest BCUT2D eigenvalue weighted by Crippen LogP contribution is -2.10. The Morgan fingerprint density at radius 3 is 1.35 bits per heavy atom. The lowest BCUT2D eigenvalue weighted by atomic mass is 10.1. The number of esters is 2. The van der Waals surface area contributed by atoms with Crippen molar-refractivity contribution in [2.45, 2.75) is 40.5 Å². The van der Waals surface area contributed by atoms with Crippen LogP contribution in [-0.4, -0.2) is 25.2 Å². The van der Waals surface area contributed by atoms with E-state index in [1.54, 1.807) is 97.1 Å². The maximum absolute atomic E-state index is 12.8. The molecule has 0 unspecified atom stereocenters. The van der Waals surface area contributed by atoms with E-state index in [2.05, 4.69) is 63.5 Å². The minimum absolute atomic E-state index is 0.154. The van der Waals surface area contributed by atoms with E-state index in [-0.39, 0.29) is 11.1 Å². The smallest absolute Gasteiger partial charge is 0.343 e. The van der Waals surface area contributed by atoms with Gasteiger partial charge in [-0.2, -0.15) is 10.5 Å². The van der Waals surface area contributed by atoms with Gasteiger partial charge in [0.2, 0.25) is 0 Å². The van der Waals surface area contributed by atoms with Gasteiger partial charge in [-0.15, -0.1) is 11.3 Å². The van der Waals surface area contributed by atoms with Crippen molar-refractivity contribution in [3.05, 3.63) is 140 Å². The molecule has 0 spiro atoms. The molecule has 1 heterocycles. The Kier molecular flexibility index (Phi) is 13.9. The summed E-state index contributed by atoms with van der Waals surface area (Å²) < 4.78 is 22.7. The third-order valence-corrected chi connectivity index (χ3v) is 9.53. The number of ether oxygens (including phenoxy) is 4. The van der Waals surface area contributed by atoms with Gasteiger partial charge in [-0.05, 0) is 109 Å². The Morgan fingerprint density at radius 1 is 0.582 bits per heavy atom. The molecule has 0 aliphatic heterocycles. The molecule has 0 aliphatic carbocycles. The molecule has 2 atom stereocenters. The fraction of sp³-hybridized carbons (Fsp3) is 0.217. The SMILES string of the molecule is CC[C@H](C)COc1cccc(C(=O)Oc2ccc(C#Cc3sc(C#Cc4ccc(OC(=O)c5cccc(OC[C@@H](C)CC)c5)cc4)c(C#N)c3C#N)cc2)c1. The second kappa shape index (κ2) is 19.3. The molecule has 5 aromatic rings. The van der Waals surface area contributed by atoms with Crippen LogP contribution in [0.5, 0.6) is 23.0 Å². The van der Waals surface area contributed by atoms with Crippen LogP contribution < -0.4 is 18.9 Å². The van der Waals surface area contributed by atoms with Gasteiger partial charge in [0, 0.05) is 11.1 Å². The molecular formula is C46H38N2O6S. The number of nitrogens with zero attached hydrogens (tertiary/aromatic N) is 2. The largest absolute Gasteiger partial charge is 0.493 e. The van der Waals surface area contributed by atoms with E-state index in [0.29, 0.717) is 80.1 Å². The molecule has 0 radical (unpaired) electrons. The van der Waals surface area contributed by atoms with Crippen LogP contribution in [0.15, 0.2) is 97.1 Å². The summed E-state index contributed by atoms with van der Waals surface area (Å²) in [6, 6.07) is 31.3. The van der Waals surface area contributed by atoms with Crippen molar-refractivity contribution >= 4 is 23.3 Å². The first kappa shape index (κ1) is 39.4. The maximum Gasteiger partial charge on any atom is 0.343 e. The lowest BCUT2D eigenvalue weighted by molar-refractivity contribution is 0.0724. The van der Waals surface area contributed by atoms with Crippen LogP contribution >= 0.6 is 11.3 Å². The van der Waals surface area contributed by atoms with Gasteiger partial charge in [-0.25, -0.2) is 9.59 Å². The van der Waals surface area contributed by atoms with E-state index < -0.39 is 11.9 Å². The molecule has 4 aromatic carbocycles. The van der Waals surface area contributed by atoms with E-state index in [9.17, 15) is 20.1 Å². The van der Waals surface area contributed by atoms with Gasteiger partial charge in [0.15, 0.2) is 0 Å². The third kappa shape index (κ3) is 11.1. The number of hydrogen-bond acceptors (Lipinski definition) is 9. The Labute approximate surface area is 325 Å². The third-order valence-electron chi connectivity index (χ3n) is 8.50. The van der Waals surface area contributed by atoms with Gasteiger partial charge < -0.3 is 18.9 Å². The summed E-state index contributed by atoms with van der Waals surface area (Å²) in [5, 5.41) is 19.7. The predicted molar refractivity (Wildman–Crippen MR) is 211 cm³/mol. The maximum atomic E-state index is 12.8. The summed E-state index contributed by atoms with van der Waals surface area (Å²) in [7, 11) is 0. The van der Waals surface area contributed by atoms with Crippen LogP contribution in [0.1, 0.15) is 93.3 Å². The van der Waals surface area contributed by atoms with E-state index in [1.165, 1.54) is 0 Å². The molecule has 0 aliphatic rings. The Balaban J connectivity index is 1.22. The van der Waals surface area contributed by atoms with Crippen LogP contribution in [-0.2, 0) is 0 Å². The van der Waals surface area contributed by atoms with Crippen LogP contribution in [0.2, 0.25) is 0 Å².